The number of carbonyl (C=O) groups excluding carboxylic acids is 3. The Hall–Kier alpha value is -2.57. The maximum Gasteiger partial charge on any atom is 0.306 e. The van der Waals surface area contributed by atoms with Crippen molar-refractivity contribution in [3.63, 3.8) is 0 Å². The lowest BCUT2D eigenvalue weighted by Crippen LogP contribution is -2.50. The van der Waals surface area contributed by atoms with Gasteiger partial charge in [-0.25, -0.2) is 0 Å². The lowest BCUT2D eigenvalue weighted by atomic mass is 10.0. The van der Waals surface area contributed by atoms with Crippen LogP contribution in [0.3, 0.4) is 0 Å². The second-order valence-electron chi connectivity index (χ2n) is 6.52. The van der Waals surface area contributed by atoms with Gasteiger partial charge in [-0.1, -0.05) is 0 Å². The van der Waals surface area contributed by atoms with Crippen LogP contribution in [0.4, 0.5) is 0 Å². The number of methoxy groups -OCH3 is 1. The van der Waals surface area contributed by atoms with Crippen molar-refractivity contribution in [1.29, 1.82) is 0 Å². The summed E-state index contributed by atoms with van der Waals surface area (Å²) in [5, 5.41) is 0. The number of hydrogen-bond donors (Lipinski definition) is 0. The highest BCUT2D eigenvalue weighted by molar-refractivity contribution is 5.95. The highest BCUT2D eigenvalue weighted by atomic mass is 16.5. The van der Waals surface area contributed by atoms with Crippen LogP contribution in [0, 0.1) is 0 Å². The normalized spacial score (nSPS) is 16.5. The van der Waals surface area contributed by atoms with Gasteiger partial charge in [0.1, 0.15) is 5.75 Å². The predicted molar refractivity (Wildman–Crippen MR) is 94.0 cm³/mol. The third kappa shape index (κ3) is 4.15. The van der Waals surface area contributed by atoms with Crippen molar-refractivity contribution in [2.45, 2.75) is 25.7 Å². The molecule has 1 saturated heterocycles. The molecule has 1 fully saturated rings. The highest BCUT2D eigenvalue weighted by Gasteiger charge is 2.25. The Bertz CT molecular complexity index is 695. The molecule has 2 amide bonds. The maximum atomic E-state index is 12.7. The summed E-state index contributed by atoms with van der Waals surface area (Å²) in [6.45, 7) is 2.69. The van der Waals surface area contributed by atoms with Gasteiger partial charge in [0.25, 0.3) is 5.91 Å². The van der Waals surface area contributed by atoms with Gasteiger partial charge >= 0.3 is 5.97 Å². The van der Waals surface area contributed by atoms with E-state index in [0.717, 1.165) is 30.8 Å². The molecule has 0 unspecified atom stereocenters. The van der Waals surface area contributed by atoms with Crippen LogP contribution < -0.4 is 4.74 Å². The summed E-state index contributed by atoms with van der Waals surface area (Å²) in [4.78, 5) is 39.5. The first kappa shape index (κ1) is 18.2. The standard InChI is InChI=1S/C19H24N2O5/c1-25-18(23)7-6-17(22)20-8-10-21(11-9-20)19(24)15-4-5-16-14(13-15)3-2-12-26-16/h4-5,13H,2-3,6-12H2,1H3. The summed E-state index contributed by atoms with van der Waals surface area (Å²) in [6.07, 6.45) is 2.13. The Labute approximate surface area is 152 Å². The molecular formula is C19H24N2O5. The Morgan fingerprint density at radius 3 is 2.54 bits per heavy atom. The van der Waals surface area contributed by atoms with E-state index >= 15 is 0 Å². The first-order valence-electron chi connectivity index (χ1n) is 8.98. The minimum atomic E-state index is -0.386. The second-order valence-corrected chi connectivity index (χ2v) is 6.52. The van der Waals surface area contributed by atoms with E-state index in [4.69, 9.17) is 4.74 Å². The molecule has 1 aromatic rings. The van der Waals surface area contributed by atoms with Gasteiger partial charge in [0, 0.05) is 38.2 Å². The van der Waals surface area contributed by atoms with Crippen molar-refractivity contribution in [3.05, 3.63) is 29.3 Å². The molecule has 0 N–H and O–H groups in total. The van der Waals surface area contributed by atoms with E-state index in [0.29, 0.717) is 31.7 Å². The van der Waals surface area contributed by atoms with Crippen molar-refractivity contribution in [3.8, 4) is 5.75 Å². The molecule has 3 rings (SSSR count). The van der Waals surface area contributed by atoms with Crippen molar-refractivity contribution >= 4 is 17.8 Å². The zero-order valence-corrected chi connectivity index (χ0v) is 15.0. The van der Waals surface area contributed by atoms with Crippen LogP contribution in [0.2, 0.25) is 0 Å². The smallest absolute Gasteiger partial charge is 0.306 e. The van der Waals surface area contributed by atoms with Crippen molar-refractivity contribution in [2.75, 3.05) is 39.9 Å². The van der Waals surface area contributed by atoms with Crippen LogP contribution in [0.25, 0.3) is 0 Å². The minimum Gasteiger partial charge on any atom is -0.493 e. The number of amides is 2. The molecule has 2 aliphatic rings. The van der Waals surface area contributed by atoms with E-state index in [1.54, 1.807) is 15.9 Å². The lowest BCUT2D eigenvalue weighted by Gasteiger charge is -2.35. The van der Waals surface area contributed by atoms with Crippen molar-refractivity contribution in [2.24, 2.45) is 0 Å². The molecule has 0 spiro atoms. The molecule has 0 bridgehead atoms. The van der Waals surface area contributed by atoms with Crippen LogP contribution in [-0.2, 0) is 20.7 Å². The molecule has 2 heterocycles. The molecule has 26 heavy (non-hydrogen) atoms. The van der Waals surface area contributed by atoms with Gasteiger partial charge < -0.3 is 19.3 Å². The van der Waals surface area contributed by atoms with Crippen molar-refractivity contribution < 1.29 is 23.9 Å². The third-order valence-electron chi connectivity index (χ3n) is 4.85. The summed E-state index contributed by atoms with van der Waals surface area (Å²) < 4.78 is 10.1. The van der Waals surface area contributed by atoms with Crippen LogP contribution in [0.5, 0.6) is 5.75 Å². The van der Waals surface area contributed by atoms with Crippen LogP contribution >= 0.6 is 0 Å². The number of esters is 1. The van der Waals surface area contributed by atoms with Gasteiger partial charge in [0.15, 0.2) is 0 Å². The van der Waals surface area contributed by atoms with E-state index in [1.807, 2.05) is 12.1 Å². The fourth-order valence-electron chi connectivity index (χ4n) is 3.30. The fraction of sp³-hybridized carbons (Fsp3) is 0.526. The molecular weight excluding hydrogens is 336 g/mol. The quantitative estimate of drug-likeness (QED) is 0.756. The number of nitrogens with zero attached hydrogens (tertiary/aromatic N) is 2. The highest BCUT2D eigenvalue weighted by Crippen LogP contribution is 2.26. The van der Waals surface area contributed by atoms with E-state index in [-0.39, 0.29) is 30.6 Å². The number of ether oxygens (including phenoxy) is 2. The number of aryl methyl sites for hydroxylation is 1. The molecule has 0 saturated carbocycles. The van der Waals surface area contributed by atoms with Gasteiger partial charge in [0.2, 0.25) is 5.91 Å². The average Bonchev–Trinajstić information content (AvgIpc) is 2.70. The van der Waals surface area contributed by atoms with E-state index in [9.17, 15) is 14.4 Å². The lowest BCUT2D eigenvalue weighted by molar-refractivity contribution is -0.143. The van der Waals surface area contributed by atoms with E-state index in [2.05, 4.69) is 4.74 Å². The molecule has 0 radical (unpaired) electrons. The maximum absolute atomic E-state index is 12.7. The van der Waals surface area contributed by atoms with E-state index in [1.165, 1.54) is 7.11 Å². The van der Waals surface area contributed by atoms with Crippen LogP contribution in [-0.4, -0.2) is 67.5 Å². The summed E-state index contributed by atoms with van der Waals surface area (Å²) in [6, 6.07) is 5.60. The Morgan fingerprint density at radius 1 is 1.08 bits per heavy atom. The topological polar surface area (TPSA) is 76.2 Å². The summed E-state index contributed by atoms with van der Waals surface area (Å²) in [5.41, 5.74) is 1.75. The first-order valence-corrected chi connectivity index (χ1v) is 8.98. The molecule has 140 valence electrons. The van der Waals surface area contributed by atoms with Gasteiger partial charge in [-0.05, 0) is 36.6 Å². The van der Waals surface area contributed by atoms with Gasteiger partial charge in [-0.2, -0.15) is 0 Å². The molecule has 7 heteroatoms. The second kappa shape index (κ2) is 8.21. The summed E-state index contributed by atoms with van der Waals surface area (Å²) >= 11 is 0. The number of piperazine rings is 1. The van der Waals surface area contributed by atoms with Gasteiger partial charge in [0.05, 0.1) is 20.1 Å². The molecule has 0 atom stereocenters. The predicted octanol–water partition coefficient (Wildman–Crippen LogP) is 1.25. The number of rotatable bonds is 4. The van der Waals surface area contributed by atoms with E-state index < -0.39 is 0 Å². The Kier molecular flexibility index (Phi) is 5.75. The van der Waals surface area contributed by atoms with Crippen LogP contribution in [0.1, 0.15) is 35.2 Å². The Balaban J connectivity index is 1.53. The molecule has 1 aromatic carbocycles. The summed E-state index contributed by atoms with van der Waals surface area (Å²) in [5.74, 6) is 0.394. The van der Waals surface area contributed by atoms with Gasteiger partial charge in [-0.3, -0.25) is 14.4 Å². The monoisotopic (exact) mass is 360 g/mol. The summed E-state index contributed by atoms with van der Waals surface area (Å²) in [7, 11) is 1.31. The number of benzene rings is 1. The fourth-order valence-corrected chi connectivity index (χ4v) is 3.30. The van der Waals surface area contributed by atoms with Crippen molar-refractivity contribution in [1.82, 2.24) is 9.80 Å². The molecule has 7 nitrogen and oxygen atoms in total. The zero-order valence-electron chi connectivity index (χ0n) is 15.0. The third-order valence-corrected chi connectivity index (χ3v) is 4.85. The Morgan fingerprint density at radius 2 is 1.81 bits per heavy atom. The number of carbonyl (C=O) groups is 3. The number of hydrogen-bond acceptors (Lipinski definition) is 5. The average molecular weight is 360 g/mol. The first-order chi connectivity index (χ1) is 12.6. The van der Waals surface area contributed by atoms with Gasteiger partial charge in [-0.15, -0.1) is 0 Å². The zero-order chi connectivity index (χ0) is 18.5. The SMILES string of the molecule is COC(=O)CCC(=O)N1CCN(C(=O)c2ccc3c(c2)CCCO3)CC1. The largest absolute Gasteiger partial charge is 0.493 e. The molecule has 0 aliphatic carbocycles. The van der Waals surface area contributed by atoms with Crippen LogP contribution in [0.15, 0.2) is 18.2 Å². The molecule has 2 aliphatic heterocycles. The molecule has 0 aromatic heterocycles. The number of fused-ring (bicyclic) bond motifs is 1. The minimum absolute atomic E-state index is 0.0139.